The number of carbonyl (C=O) groups is 2. The number of hydrogen-bond acceptors (Lipinski definition) is 3. The van der Waals surface area contributed by atoms with E-state index in [1.54, 1.807) is 14.0 Å². The highest BCUT2D eigenvalue weighted by molar-refractivity contribution is 9.10. The second-order valence-corrected chi connectivity index (χ2v) is 6.96. The van der Waals surface area contributed by atoms with E-state index in [1.807, 2.05) is 49.4 Å². The first-order valence-corrected chi connectivity index (χ1v) is 8.75. The normalized spacial score (nSPS) is 17.4. The van der Waals surface area contributed by atoms with Crippen LogP contribution in [0.3, 0.4) is 0 Å². The van der Waals surface area contributed by atoms with E-state index >= 15 is 0 Å². The smallest absolute Gasteiger partial charge is 0.332 e. The molecule has 5 nitrogen and oxygen atoms in total. The van der Waals surface area contributed by atoms with Crippen LogP contribution < -0.4 is 9.64 Å². The fraction of sp³-hybridized carbons (Fsp3) is 0.263. The number of anilines is 1. The number of halogens is 1. The van der Waals surface area contributed by atoms with Gasteiger partial charge in [-0.3, -0.25) is 14.6 Å². The number of aryl methyl sites for hydroxylation is 1. The molecular weight excluding hydrogens is 384 g/mol. The molecule has 1 saturated heterocycles. The number of hydrogen-bond donors (Lipinski definition) is 0. The summed E-state index contributed by atoms with van der Waals surface area (Å²) >= 11 is 3.42. The second kappa shape index (κ2) is 6.88. The van der Waals surface area contributed by atoms with Crippen LogP contribution in [0.4, 0.5) is 10.5 Å². The molecule has 0 aromatic heterocycles. The zero-order valence-electron chi connectivity index (χ0n) is 14.3. The molecule has 2 aromatic carbocycles. The van der Waals surface area contributed by atoms with Gasteiger partial charge in [0.15, 0.2) is 0 Å². The lowest BCUT2D eigenvalue weighted by atomic mass is 10.2. The Morgan fingerprint density at radius 2 is 1.80 bits per heavy atom. The number of imide groups is 1. The average molecular weight is 403 g/mol. The van der Waals surface area contributed by atoms with Crippen molar-refractivity contribution in [3.05, 3.63) is 58.1 Å². The van der Waals surface area contributed by atoms with Crippen LogP contribution in [0.25, 0.3) is 0 Å². The molecule has 0 aliphatic carbocycles. The number of rotatable bonds is 4. The van der Waals surface area contributed by atoms with Crippen LogP contribution in [0.5, 0.6) is 5.75 Å². The lowest BCUT2D eigenvalue weighted by Gasteiger charge is -2.20. The minimum Gasteiger partial charge on any atom is -0.496 e. The maximum Gasteiger partial charge on any atom is 0.332 e. The van der Waals surface area contributed by atoms with Crippen molar-refractivity contribution in [1.29, 1.82) is 0 Å². The first kappa shape index (κ1) is 17.5. The highest BCUT2D eigenvalue weighted by Gasteiger charge is 2.43. The second-order valence-electron chi connectivity index (χ2n) is 6.04. The van der Waals surface area contributed by atoms with E-state index in [0.29, 0.717) is 5.75 Å². The Morgan fingerprint density at radius 1 is 1.12 bits per heavy atom. The Kier molecular flexibility index (Phi) is 4.81. The third-order valence-corrected chi connectivity index (χ3v) is 4.82. The van der Waals surface area contributed by atoms with Crippen LogP contribution in [0.1, 0.15) is 18.1 Å². The van der Waals surface area contributed by atoms with E-state index in [0.717, 1.165) is 21.3 Å². The Hall–Kier alpha value is -2.34. The minimum absolute atomic E-state index is 0.174. The van der Waals surface area contributed by atoms with Crippen molar-refractivity contribution >= 4 is 33.6 Å². The molecule has 1 aliphatic heterocycles. The summed E-state index contributed by atoms with van der Waals surface area (Å²) in [5.74, 6) is 0.429. The molecule has 1 fully saturated rings. The van der Waals surface area contributed by atoms with Gasteiger partial charge in [-0.05, 0) is 44.2 Å². The SMILES string of the molecule is COc1ccc(Br)cc1CN1C(=O)C(C)N(c2ccc(C)cc2)C1=O. The van der Waals surface area contributed by atoms with Crippen LogP contribution in [0.2, 0.25) is 0 Å². The van der Waals surface area contributed by atoms with Crippen LogP contribution in [0, 0.1) is 6.92 Å². The van der Waals surface area contributed by atoms with Crippen molar-refractivity contribution in [2.24, 2.45) is 0 Å². The molecule has 1 heterocycles. The summed E-state index contributed by atoms with van der Waals surface area (Å²) < 4.78 is 6.22. The van der Waals surface area contributed by atoms with Gasteiger partial charge >= 0.3 is 6.03 Å². The van der Waals surface area contributed by atoms with Gasteiger partial charge in [0.05, 0.1) is 13.7 Å². The van der Waals surface area contributed by atoms with Crippen molar-refractivity contribution < 1.29 is 14.3 Å². The van der Waals surface area contributed by atoms with E-state index in [9.17, 15) is 9.59 Å². The maximum atomic E-state index is 12.9. The van der Waals surface area contributed by atoms with E-state index in [-0.39, 0.29) is 18.5 Å². The number of carbonyl (C=O) groups excluding carboxylic acids is 2. The van der Waals surface area contributed by atoms with Crippen molar-refractivity contribution in [3.8, 4) is 5.75 Å². The Bertz CT molecular complexity index is 820. The summed E-state index contributed by atoms with van der Waals surface area (Å²) in [4.78, 5) is 28.4. The number of methoxy groups -OCH3 is 1. The molecule has 1 unspecified atom stereocenters. The topological polar surface area (TPSA) is 49.9 Å². The minimum atomic E-state index is -0.534. The Balaban J connectivity index is 1.91. The fourth-order valence-electron chi connectivity index (χ4n) is 2.95. The van der Waals surface area contributed by atoms with Gasteiger partial charge < -0.3 is 4.74 Å². The largest absolute Gasteiger partial charge is 0.496 e. The molecule has 0 bridgehead atoms. The monoisotopic (exact) mass is 402 g/mol. The number of urea groups is 1. The quantitative estimate of drug-likeness (QED) is 0.722. The number of benzene rings is 2. The zero-order valence-corrected chi connectivity index (χ0v) is 15.9. The first-order valence-electron chi connectivity index (χ1n) is 7.96. The van der Waals surface area contributed by atoms with Gasteiger partial charge in [-0.1, -0.05) is 33.6 Å². The van der Waals surface area contributed by atoms with Crippen molar-refractivity contribution in [2.45, 2.75) is 26.4 Å². The van der Waals surface area contributed by atoms with Gasteiger partial charge in [-0.15, -0.1) is 0 Å². The first-order chi connectivity index (χ1) is 11.9. The standard InChI is InChI=1S/C19H19BrN2O3/c1-12-4-7-16(8-5-12)22-13(2)18(23)21(19(22)24)11-14-10-15(20)6-9-17(14)25-3/h4-10,13H,11H2,1-3H3. The van der Waals surface area contributed by atoms with Gasteiger partial charge in [-0.2, -0.15) is 0 Å². The zero-order chi connectivity index (χ0) is 18.1. The molecule has 0 radical (unpaired) electrons. The molecule has 6 heteroatoms. The van der Waals surface area contributed by atoms with Gasteiger partial charge in [-0.25, -0.2) is 4.79 Å². The Morgan fingerprint density at radius 3 is 2.44 bits per heavy atom. The molecule has 3 rings (SSSR count). The predicted molar refractivity (Wildman–Crippen MR) is 99.8 cm³/mol. The lowest BCUT2D eigenvalue weighted by molar-refractivity contribution is -0.127. The molecule has 0 N–H and O–H groups in total. The summed E-state index contributed by atoms with van der Waals surface area (Å²) in [6.45, 7) is 3.90. The third kappa shape index (κ3) is 3.26. The molecule has 25 heavy (non-hydrogen) atoms. The van der Waals surface area contributed by atoms with Crippen LogP contribution in [0.15, 0.2) is 46.9 Å². The van der Waals surface area contributed by atoms with Gasteiger partial charge in [0.2, 0.25) is 0 Å². The molecule has 2 aromatic rings. The Labute approximate surface area is 155 Å². The molecule has 3 amide bonds. The summed E-state index contributed by atoms with van der Waals surface area (Å²) in [5, 5.41) is 0. The summed E-state index contributed by atoms with van der Waals surface area (Å²) in [7, 11) is 1.57. The average Bonchev–Trinajstić information content (AvgIpc) is 2.80. The van der Waals surface area contributed by atoms with Gasteiger partial charge in [0.25, 0.3) is 5.91 Å². The van der Waals surface area contributed by atoms with Crippen LogP contribution in [-0.4, -0.2) is 30.0 Å². The number of amides is 3. The van der Waals surface area contributed by atoms with E-state index in [2.05, 4.69) is 15.9 Å². The van der Waals surface area contributed by atoms with Crippen LogP contribution >= 0.6 is 15.9 Å². The highest BCUT2D eigenvalue weighted by atomic mass is 79.9. The number of ether oxygens (including phenoxy) is 1. The molecule has 1 aliphatic rings. The molecule has 1 atom stereocenters. The summed E-state index contributed by atoms with van der Waals surface area (Å²) in [6, 6.07) is 12.3. The molecule has 0 spiro atoms. The maximum absolute atomic E-state index is 12.9. The van der Waals surface area contributed by atoms with E-state index < -0.39 is 6.04 Å². The van der Waals surface area contributed by atoms with Crippen molar-refractivity contribution in [2.75, 3.05) is 12.0 Å². The molecule has 0 saturated carbocycles. The summed E-state index contributed by atoms with van der Waals surface area (Å²) in [5.41, 5.74) is 2.60. The molecule has 130 valence electrons. The lowest BCUT2D eigenvalue weighted by Crippen LogP contribution is -2.33. The van der Waals surface area contributed by atoms with Crippen LogP contribution in [-0.2, 0) is 11.3 Å². The van der Waals surface area contributed by atoms with Crippen molar-refractivity contribution in [3.63, 3.8) is 0 Å². The fourth-order valence-corrected chi connectivity index (χ4v) is 3.36. The van der Waals surface area contributed by atoms with Gasteiger partial charge in [0.1, 0.15) is 11.8 Å². The number of nitrogens with zero attached hydrogens (tertiary/aromatic N) is 2. The molecular formula is C19H19BrN2O3. The predicted octanol–water partition coefficient (Wildman–Crippen LogP) is 4.12. The van der Waals surface area contributed by atoms with E-state index in [1.165, 1.54) is 9.80 Å². The van der Waals surface area contributed by atoms with Crippen molar-refractivity contribution in [1.82, 2.24) is 4.90 Å². The summed E-state index contributed by atoms with van der Waals surface area (Å²) in [6.07, 6.45) is 0. The van der Waals surface area contributed by atoms with E-state index in [4.69, 9.17) is 4.74 Å². The third-order valence-electron chi connectivity index (χ3n) is 4.33. The van der Waals surface area contributed by atoms with Gasteiger partial charge in [0, 0.05) is 15.7 Å². The highest BCUT2D eigenvalue weighted by Crippen LogP contribution is 2.30.